The maximum atomic E-state index is 12.8. The van der Waals surface area contributed by atoms with Crippen LogP contribution in [0.25, 0.3) is 6.08 Å². The molecule has 0 saturated heterocycles. The number of carbonyl (C=O) groups excluding carboxylic acids is 2. The number of ether oxygens (including phenoxy) is 2. The van der Waals surface area contributed by atoms with Crippen molar-refractivity contribution in [1.29, 1.82) is 0 Å². The van der Waals surface area contributed by atoms with Gasteiger partial charge < -0.3 is 20.1 Å². The van der Waals surface area contributed by atoms with Gasteiger partial charge in [0, 0.05) is 23.6 Å². The average Bonchev–Trinajstić information content (AvgIpc) is 3.32. The van der Waals surface area contributed by atoms with Crippen molar-refractivity contribution in [2.45, 2.75) is 44.6 Å². The summed E-state index contributed by atoms with van der Waals surface area (Å²) in [7, 11) is 1.57. The van der Waals surface area contributed by atoms with Crippen molar-refractivity contribution < 1.29 is 19.1 Å². The summed E-state index contributed by atoms with van der Waals surface area (Å²) in [6, 6.07) is 10.6. The molecular formula is C24H30N2O4S. The monoisotopic (exact) mass is 442 g/mol. The van der Waals surface area contributed by atoms with Gasteiger partial charge in [-0.15, -0.1) is 11.3 Å². The first kappa shape index (κ1) is 23.0. The van der Waals surface area contributed by atoms with Gasteiger partial charge in [0.15, 0.2) is 0 Å². The molecule has 1 aliphatic rings. The second kappa shape index (κ2) is 12.3. The highest BCUT2D eigenvalue weighted by Gasteiger charge is 2.16. The predicted molar refractivity (Wildman–Crippen MR) is 123 cm³/mol. The number of rotatable bonds is 10. The molecule has 1 heterocycles. The lowest BCUT2D eigenvalue weighted by Crippen LogP contribution is -2.35. The first-order valence-electron chi connectivity index (χ1n) is 10.8. The summed E-state index contributed by atoms with van der Waals surface area (Å²) in [4.78, 5) is 26.3. The number of hydrogen-bond donors (Lipinski definition) is 2. The van der Waals surface area contributed by atoms with Crippen LogP contribution in [0.4, 0.5) is 0 Å². The number of hydrogen-bond acceptors (Lipinski definition) is 5. The molecule has 166 valence electrons. The van der Waals surface area contributed by atoms with Gasteiger partial charge in [-0.05, 0) is 61.1 Å². The van der Waals surface area contributed by atoms with E-state index in [2.05, 4.69) is 10.6 Å². The Kier molecular flexibility index (Phi) is 9.12. The van der Waals surface area contributed by atoms with Gasteiger partial charge in [0.05, 0.1) is 13.2 Å². The molecule has 31 heavy (non-hydrogen) atoms. The van der Waals surface area contributed by atoms with Crippen molar-refractivity contribution in [3.8, 4) is 5.75 Å². The molecule has 3 rings (SSSR count). The molecule has 0 unspecified atom stereocenters. The minimum Gasteiger partial charge on any atom is -0.497 e. The lowest BCUT2D eigenvalue weighted by atomic mass is 9.98. The quantitative estimate of drug-likeness (QED) is 0.423. The highest BCUT2D eigenvalue weighted by Crippen LogP contribution is 2.20. The Labute approximate surface area is 187 Å². The van der Waals surface area contributed by atoms with Crippen LogP contribution in [-0.4, -0.2) is 38.2 Å². The van der Waals surface area contributed by atoms with E-state index in [4.69, 9.17) is 9.47 Å². The van der Waals surface area contributed by atoms with Gasteiger partial charge in [-0.1, -0.05) is 25.3 Å². The Bertz CT molecular complexity index is 856. The number of carbonyl (C=O) groups is 2. The van der Waals surface area contributed by atoms with Crippen LogP contribution in [0.3, 0.4) is 0 Å². The van der Waals surface area contributed by atoms with Crippen LogP contribution in [0, 0.1) is 0 Å². The second-order valence-electron chi connectivity index (χ2n) is 7.50. The normalized spacial score (nSPS) is 14.8. The van der Waals surface area contributed by atoms with Crippen LogP contribution in [0.2, 0.25) is 0 Å². The molecule has 2 N–H and O–H groups in total. The molecule has 1 aromatic heterocycles. The molecule has 0 atom stereocenters. The third-order valence-electron chi connectivity index (χ3n) is 5.19. The van der Waals surface area contributed by atoms with E-state index < -0.39 is 0 Å². The third-order valence-corrected chi connectivity index (χ3v) is 6.01. The number of benzene rings is 1. The Morgan fingerprint density at radius 3 is 2.58 bits per heavy atom. The number of amides is 2. The first-order chi connectivity index (χ1) is 15.2. The van der Waals surface area contributed by atoms with Crippen molar-refractivity contribution in [2.75, 3.05) is 20.3 Å². The Hall–Kier alpha value is -2.64. The highest BCUT2D eigenvalue weighted by molar-refractivity contribution is 7.10. The van der Waals surface area contributed by atoms with Gasteiger partial charge in [0.25, 0.3) is 11.8 Å². The van der Waals surface area contributed by atoms with Crippen LogP contribution in [0.5, 0.6) is 5.75 Å². The van der Waals surface area contributed by atoms with E-state index in [1.807, 2.05) is 17.5 Å². The standard InChI is InChI=1S/C24H30N2O4S/c1-29-19-12-10-18(11-13-19)23(27)26-22(17-21-9-5-16-31-21)24(28)25-14-6-15-30-20-7-3-2-4-8-20/h5,9-13,16-17,20H,2-4,6-8,14-15H2,1H3,(H,25,28)(H,26,27)/b22-17-. The summed E-state index contributed by atoms with van der Waals surface area (Å²) in [5, 5.41) is 7.56. The SMILES string of the molecule is COc1ccc(C(=O)N/C(=C\c2cccs2)C(=O)NCCCOC2CCCCC2)cc1. The lowest BCUT2D eigenvalue weighted by molar-refractivity contribution is -0.117. The van der Waals surface area contributed by atoms with Crippen LogP contribution in [-0.2, 0) is 9.53 Å². The Morgan fingerprint density at radius 1 is 1.13 bits per heavy atom. The molecule has 0 radical (unpaired) electrons. The Morgan fingerprint density at radius 2 is 1.90 bits per heavy atom. The van der Waals surface area contributed by atoms with E-state index >= 15 is 0 Å². The van der Waals surface area contributed by atoms with Crippen molar-refractivity contribution in [2.24, 2.45) is 0 Å². The molecule has 2 amide bonds. The maximum Gasteiger partial charge on any atom is 0.267 e. The van der Waals surface area contributed by atoms with Gasteiger partial charge in [0.2, 0.25) is 0 Å². The molecule has 0 bridgehead atoms. The summed E-state index contributed by atoms with van der Waals surface area (Å²) < 4.78 is 11.0. The molecular weight excluding hydrogens is 412 g/mol. The molecule has 0 spiro atoms. The Balaban J connectivity index is 1.53. The summed E-state index contributed by atoms with van der Waals surface area (Å²) in [6.45, 7) is 1.12. The first-order valence-corrected chi connectivity index (χ1v) is 11.6. The highest BCUT2D eigenvalue weighted by atomic mass is 32.1. The van der Waals surface area contributed by atoms with Crippen molar-refractivity contribution in [1.82, 2.24) is 10.6 Å². The zero-order chi connectivity index (χ0) is 21.9. The smallest absolute Gasteiger partial charge is 0.267 e. The molecule has 1 saturated carbocycles. The van der Waals surface area contributed by atoms with E-state index in [1.54, 1.807) is 37.5 Å². The van der Waals surface area contributed by atoms with Gasteiger partial charge in [0.1, 0.15) is 11.4 Å². The van der Waals surface area contributed by atoms with E-state index in [0.29, 0.717) is 30.6 Å². The van der Waals surface area contributed by atoms with Gasteiger partial charge in [-0.3, -0.25) is 9.59 Å². The van der Waals surface area contributed by atoms with Gasteiger partial charge in [-0.25, -0.2) is 0 Å². The topological polar surface area (TPSA) is 76.7 Å². The average molecular weight is 443 g/mol. The molecule has 6 nitrogen and oxygen atoms in total. The van der Waals surface area contributed by atoms with Crippen LogP contribution >= 0.6 is 11.3 Å². The van der Waals surface area contributed by atoms with Gasteiger partial charge >= 0.3 is 0 Å². The second-order valence-corrected chi connectivity index (χ2v) is 8.48. The fourth-order valence-corrected chi connectivity index (χ4v) is 4.12. The molecule has 1 fully saturated rings. The zero-order valence-corrected chi connectivity index (χ0v) is 18.7. The molecule has 1 aliphatic carbocycles. The van der Waals surface area contributed by atoms with Crippen molar-refractivity contribution >= 4 is 29.2 Å². The minimum absolute atomic E-state index is 0.219. The molecule has 1 aromatic carbocycles. The molecule has 2 aromatic rings. The summed E-state index contributed by atoms with van der Waals surface area (Å²) in [6.07, 6.45) is 8.86. The van der Waals surface area contributed by atoms with Crippen molar-refractivity contribution in [3.63, 3.8) is 0 Å². The van der Waals surface area contributed by atoms with E-state index in [0.717, 1.165) is 24.1 Å². The maximum absolute atomic E-state index is 12.8. The van der Waals surface area contributed by atoms with Crippen LogP contribution < -0.4 is 15.4 Å². The van der Waals surface area contributed by atoms with Gasteiger partial charge in [-0.2, -0.15) is 0 Å². The fraction of sp³-hybridized carbons (Fsp3) is 0.417. The molecule has 0 aliphatic heterocycles. The zero-order valence-electron chi connectivity index (χ0n) is 17.9. The lowest BCUT2D eigenvalue weighted by Gasteiger charge is -2.22. The number of methoxy groups -OCH3 is 1. The van der Waals surface area contributed by atoms with E-state index in [1.165, 1.54) is 30.6 Å². The summed E-state index contributed by atoms with van der Waals surface area (Å²) in [5.41, 5.74) is 0.669. The van der Waals surface area contributed by atoms with Crippen LogP contribution in [0.1, 0.15) is 53.8 Å². The van der Waals surface area contributed by atoms with Crippen molar-refractivity contribution in [3.05, 3.63) is 57.9 Å². The van der Waals surface area contributed by atoms with E-state index in [9.17, 15) is 9.59 Å². The molecule has 7 heteroatoms. The third kappa shape index (κ3) is 7.52. The summed E-state index contributed by atoms with van der Waals surface area (Å²) in [5.74, 6) is 0.00765. The number of nitrogens with one attached hydrogen (secondary N) is 2. The number of thiophene rings is 1. The van der Waals surface area contributed by atoms with E-state index in [-0.39, 0.29) is 17.5 Å². The largest absolute Gasteiger partial charge is 0.497 e. The fourth-order valence-electron chi connectivity index (χ4n) is 3.46. The summed E-state index contributed by atoms with van der Waals surface area (Å²) >= 11 is 1.50. The predicted octanol–water partition coefficient (Wildman–Crippen LogP) is 4.38. The van der Waals surface area contributed by atoms with Crippen LogP contribution in [0.15, 0.2) is 47.5 Å². The minimum atomic E-state index is -0.346.